The van der Waals surface area contributed by atoms with Crippen molar-refractivity contribution in [3.8, 4) is 11.4 Å². The van der Waals surface area contributed by atoms with Crippen LogP contribution < -0.4 is 10.9 Å². The Bertz CT molecular complexity index is 1120. The van der Waals surface area contributed by atoms with E-state index in [0.717, 1.165) is 11.3 Å². The van der Waals surface area contributed by atoms with Crippen LogP contribution in [0, 0.1) is 13.8 Å². The molecule has 150 valence electrons. The molecule has 0 fully saturated rings. The molecule has 6 heteroatoms. The second-order valence-electron chi connectivity index (χ2n) is 7.34. The van der Waals surface area contributed by atoms with Gasteiger partial charge in [0.05, 0.1) is 0 Å². The van der Waals surface area contributed by atoms with Gasteiger partial charge < -0.3 is 5.32 Å². The number of benzene rings is 2. The summed E-state index contributed by atoms with van der Waals surface area (Å²) < 4.78 is 1.40. The number of para-hydroxylation sites is 1. The van der Waals surface area contributed by atoms with Crippen molar-refractivity contribution in [1.82, 2.24) is 9.55 Å². The Morgan fingerprint density at radius 3 is 2.55 bits per heavy atom. The van der Waals surface area contributed by atoms with Crippen molar-refractivity contribution in [2.45, 2.75) is 40.2 Å². The molecule has 0 saturated carbocycles. The number of nitrogens with one attached hydrogen (secondary N) is 1. The number of aromatic nitrogens is 2. The lowest BCUT2D eigenvalue weighted by atomic mass is 10.0. The number of anilines is 1. The highest BCUT2D eigenvalue weighted by Gasteiger charge is 2.17. The summed E-state index contributed by atoms with van der Waals surface area (Å²) in [5.74, 6) is 0.404. The maximum Gasteiger partial charge on any atom is 0.257 e. The highest BCUT2D eigenvalue weighted by Crippen LogP contribution is 2.24. The molecule has 2 aromatic carbocycles. The highest BCUT2D eigenvalue weighted by molar-refractivity contribution is 6.30. The predicted octanol–water partition coefficient (Wildman–Crippen LogP) is 4.94. The number of hydrogen-bond donors (Lipinski definition) is 1. The molecule has 1 N–H and O–H groups in total. The molecule has 1 amide bonds. The van der Waals surface area contributed by atoms with E-state index in [0.29, 0.717) is 27.7 Å². The van der Waals surface area contributed by atoms with Crippen molar-refractivity contribution in [1.29, 1.82) is 0 Å². The molecule has 5 nitrogen and oxygen atoms in total. The van der Waals surface area contributed by atoms with Gasteiger partial charge in [-0.2, -0.15) is 0 Å². The van der Waals surface area contributed by atoms with Gasteiger partial charge in [0, 0.05) is 27.5 Å². The van der Waals surface area contributed by atoms with Gasteiger partial charge >= 0.3 is 0 Å². The Balaban J connectivity index is 2.00. The standard InChI is InChI=1S/C23H24ClN3O2/c1-14(2)19-10-5-6-11-20(19)26-21(28)13-27-22(17-8-7-9-18(24)12-17)25-16(4)15(3)23(27)29/h5-12,14H,13H2,1-4H3,(H,26,28). The lowest BCUT2D eigenvalue weighted by molar-refractivity contribution is -0.116. The second-order valence-corrected chi connectivity index (χ2v) is 7.77. The molecule has 1 heterocycles. The third-order valence-electron chi connectivity index (χ3n) is 4.88. The SMILES string of the molecule is Cc1nc(-c2cccc(Cl)c2)n(CC(=O)Nc2ccccc2C(C)C)c(=O)c1C. The van der Waals surface area contributed by atoms with Crippen LogP contribution in [0.25, 0.3) is 11.4 Å². The summed E-state index contributed by atoms with van der Waals surface area (Å²) >= 11 is 6.12. The van der Waals surface area contributed by atoms with E-state index >= 15 is 0 Å². The zero-order valence-electron chi connectivity index (χ0n) is 17.0. The Kier molecular flexibility index (Phi) is 6.18. The van der Waals surface area contributed by atoms with E-state index in [4.69, 9.17) is 11.6 Å². The molecule has 1 aromatic heterocycles. The Morgan fingerprint density at radius 2 is 1.86 bits per heavy atom. The van der Waals surface area contributed by atoms with Crippen molar-refractivity contribution in [3.63, 3.8) is 0 Å². The van der Waals surface area contributed by atoms with Crippen LogP contribution in [0.15, 0.2) is 53.3 Å². The number of nitrogens with zero attached hydrogens (tertiary/aromatic N) is 2. The molecule has 0 saturated heterocycles. The van der Waals surface area contributed by atoms with Crippen molar-refractivity contribution in [2.24, 2.45) is 0 Å². The van der Waals surface area contributed by atoms with Crippen LogP contribution >= 0.6 is 11.6 Å². The number of halogens is 1. The zero-order valence-corrected chi connectivity index (χ0v) is 17.7. The Hall–Kier alpha value is -2.92. The molecule has 0 bridgehead atoms. The smallest absolute Gasteiger partial charge is 0.257 e. The average Bonchev–Trinajstić information content (AvgIpc) is 2.68. The van der Waals surface area contributed by atoms with Crippen LogP contribution in [0.3, 0.4) is 0 Å². The molecule has 3 rings (SSSR count). The molecule has 0 atom stereocenters. The summed E-state index contributed by atoms with van der Waals surface area (Å²) in [5.41, 5.74) is 3.40. The third kappa shape index (κ3) is 4.57. The van der Waals surface area contributed by atoms with Crippen LogP contribution in [-0.2, 0) is 11.3 Å². The number of amides is 1. The summed E-state index contributed by atoms with van der Waals surface area (Å²) in [7, 11) is 0. The first-order valence-electron chi connectivity index (χ1n) is 9.50. The summed E-state index contributed by atoms with van der Waals surface area (Å²) in [5, 5.41) is 3.48. The molecule has 3 aromatic rings. The topological polar surface area (TPSA) is 64.0 Å². The minimum Gasteiger partial charge on any atom is -0.324 e. The maximum atomic E-state index is 12.9. The fourth-order valence-electron chi connectivity index (χ4n) is 3.20. The van der Waals surface area contributed by atoms with E-state index in [1.54, 1.807) is 32.0 Å². The van der Waals surface area contributed by atoms with Gasteiger partial charge in [-0.05, 0) is 43.5 Å². The van der Waals surface area contributed by atoms with Gasteiger partial charge in [0.25, 0.3) is 5.56 Å². The first-order valence-corrected chi connectivity index (χ1v) is 9.88. The Labute approximate surface area is 175 Å². The Morgan fingerprint density at radius 1 is 1.14 bits per heavy atom. The predicted molar refractivity (Wildman–Crippen MR) is 118 cm³/mol. The van der Waals surface area contributed by atoms with E-state index in [1.807, 2.05) is 30.3 Å². The molecule has 29 heavy (non-hydrogen) atoms. The van der Waals surface area contributed by atoms with Crippen LogP contribution in [0.4, 0.5) is 5.69 Å². The summed E-state index contributed by atoms with van der Waals surface area (Å²) in [6, 6.07) is 14.8. The number of carbonyl (C=O) groups is 1. The number of hydrogen-bond acceptors (Lipinski definition) is 3. The number of carbonyl (C=O) groups excluding carboxylic acids is 1. The van der Waals surface area contributed by atoms with Crippen molar-refractivity contribution < 1.29 is 4.79 Å². The van der Waals surface area contributed by atoms with Gasteiger partial charge in [-0.15, -0.1) is 0 Å². The molecule has 0 radical (unpaired) electrons. The molecular formula is C23H24ClN3O2. The zero-order chi connectivity index (χ0) is 21.1. The monoisotopic (exact) mass is 409 g/mol. The second kappa shape index (κ2) is 8.62. The minimum atomic E-state index is -0.284. The molecule has 0 aliphatic heterocycles. The lowest BCUT2D eigenvalue weighted by Crippen LogP contribution is -2.32. The number of rotatable bonds is 5. The fraction of sp³-hybridized carbons (Fsp3) is 0.261. The van der Waals surface area contributed by atoms with Crippen molar-refractivity contribution in [2.75, 3.05) is 5.32 Å². The van der Waals surface area contributed by atoms with E-state index in [-0.39, 0.29) is 23.9 Å². The van der Waals surface area contributed by atoms with Crippen LogP contribution in [0.2, 0.25) is 5.02 Å². The quantitative estimate of drug-likeness (QED) is 0.648. The molecule has 0 aliphatic rings. The lowest BCUT2D eigenvalue weighted by Gasteiger charge is -2.17. The van der Waals surface area contributed by atoms with Gasteiger partial charge in [0.15, 0.2) is 0 Å². The third-order valence-corrected chi connectivity index (χ3v) is 5.11. The highest BCUT2D eigenvalue weighted by atomic mass is 35.5. The van der Waals surface area contributed by atoms with Crippen LogP contribution in [-0.4, -0.2) is 15.5 Å². The van der Waals surface area contributed by atoms with Crippen LogP contribution in [0.5, 0.6) is 0 Å². The van der Waals surface area contributed by atoms with E-state index in [2.05, 4.69) is 24.1 Å². The molecule has 0 spiro atoms. The first kappa shape index (κ1) is 20.8. The fourth-order valence-corrected chi connectivity index (χ4v) is 3.39. The van der Waals surface area contributed by atoms with Crippen molar-refractivity contribution in [3.05, 3.63) is 80.7 Å². The van der Waals surface area contributed by atoms with Gasteiger partial charge in [-0.3, -0.25) is 14.2 Å². The summed E-state index contributed by atoms with van der Waals surface area (Å²) in [6.07, 6.45) is 0. The molecular weight excluding hydrogens is 386 g/mol. The van der Waals surface area contributed by atoms with Gasteiger partial charge in [0.1, 0.15) is 12.4 Å². The number of aryl methyl sites for hydroxylation is 1. The largest absolute Gasteiger partial charge is 0.324 e. The van der Waals surface area contributed by atoms with E-state index < -0.39 is 0 Å². The van der Waals surface area contributed by atoms with E-state index in [1.165, 1.54) is 4.57 Å². The van der Waals surface area contributed by atoms with Gasteiger partial charge in [0.2, 0.25) is 5.91 Å². The van der Waals surface area contributed by atoms with Gasteiger partial charge in [-0.25, -0.2) is 4.98 Å². The first-order chi connectivity index (χ1) is 13.8. The molecule has 0 unspecified atom stereocenters. The summed E-state index contributed by atoms with van der Waals surface area (Å²) in [4.78, 5) is 30.3. The minimum absolute atomic E-state index is 0.138. The van der Waals surface area contributed by atoms with Crippen LogP contribution in [0.1, 0.15) is 36.6 Å². The average molecular weight is 410 g/mol. The van der Waals surface area contributed by atoms with E-state index in [9.17, 15) is 9.59 Å². The van der Waals surface area contributed by atoms with Crippen molar-refractivity contribution >= 4 is 23.2 Å². The maximum absolute atomic E-state index is 12.9. The summed E-state index contributed by atoms with van der Waals surface area (Å²) in [6.45, 7) is 7.50. The normalized spacial score (nSPS) is 11.0. The molecule has 0 aliphatic carbocycles. The van der Waals surface area contributed by atoms with Gasteiger partial charge in [-0.1, -0.05) is 55.8 Å².